The third-order valence-corrected chi connectivity index (χ3v) is 5.80. The van der Waals surface area contributed by atoms with Gasteiger partial charge in [-0.2, -0.15) is 0 Å². The van der Waals surface area contributed by atoms with Gasteiger partial charge in [0.2, 0.25) is 0 Å². The van der Waals surface area contributed by atoms with Crippen molar-refractivity contribution in [3.63, 3.8) is 0 Å². The van der Waals surface area contributed by atoms with Crippen molar-refractivity contribution in [2.24, 2.45) is 0 Å². The summed E-state index contributed by atoms with van der Waals surface area (Å²) in [7, 11) is 0. The molecule has 19 heavy (non-hydrogen) atoms. The SMILES string of the molecule is CC1CCNC2(CCCCC2)CN1Cc1cccs1. The van der Waals surface area contributed by atoms with E-state index >= 15 is 0 Å². The number of nitrogens with one attached hydrogen (secondary N) is 1. The Morgan fingerprint density at radius 1 is 1.37 bits per heavy atom. The molecule has 0 aromatic carbocycles. The van der Waals surface area contributed by atoms with Crippen LogP contribution in [0, 0.1) is 0 Å². The van der Waals surface area contributed by atoms with E-state index < -0.39 is 0 Å². The zero-order valence-corrected chi connectivity index (χ0v) is 12.8. The van der Waals surface area contributed by atoms with Crippen molar-refractivity contribution in [2.75, 3.05) is 13.1 Å². The Labute approximate surface area is 121 Å². The van der Waals surface area contributed by atoms with E-state index in [1.807, 2.05) is 11.3 Å². The van der Waals surface area contributed by atoms with Gasteiger partial charge in [-0.15, -0.1) is 11.3 Å². The van der Waals surface area contributed by atoms with Crippen molar-refractivity contribution in [1.29, 1.82) is 0 Å². The monoisotopic (exact) mass is 278 g/mol. The smallest absolute Gasteiger partial charge is 0.0331 e. The standard InChI is InChI=1S/C16H26N2S/c1-14-7-10-17-16(8-3-2-4-9-16)13-18(14)12-15-6-5-11-19-15/h5-6,11,14,17H,2-4,7-10,12-13H2,1H3. The van der Waals surface area contributed by atoms with Gasteiger partial charge in [0.1, 0.15) is 0 Å². The maximum atomic E-state index is 3.90. The first-order valence-electron chi connectivity index (χ1n) is 7.79. The number of rotatable bonds is 2. The van der Waals surface area contributed by atoms with Gasteiger partial charge in [0.05, 0.1) is 0 Å². The van der Waals surface area contributed by atoms with Gasteiger partial charge in [-0.3, -0.25) is 4.90 Å². The lowest BCUT2D eigenvalue weighted by atomic mass is 9.81. The van der Waals surface area contributed by atoms with E-state index in [1.165, 1.54) is 56.5 Å². The Bertz CT molecular complexity index is 381. The molecule has 1 unspecified atom stereocenters. The molecule has 106 valence electrons. The van der Waals surface area contributed by atoms with E-state index in [1.54, 1.807) is 0 Å². The quantitative estimate of drug-likeness (QED) is 0.888. The molecule has 1 atom stereocenters. The van der Waals surface area contributed by atoms with E-state index in [0.29, 0.717) is 11.6 Å². The summed E-state index contributed by atoms with van der Waals surface area (Å²) in [5.74, 6) is 0. The molecule has 1 spiro atoms. The molecule has 1 aliphatic heterocycles. The average molecular weight is 278 g/mol. The zero-order chi connectivity index (χ0) is 13.1. The summed E-state index contributed by atoms with van der Waals surface area (Å²) in [6, 6.07) is 5.16. The van der Waals surface area contributed by atoms with E-state index in [2.05, 4.69) is 34.7 Å². The fourth-order valence-corrected chi connectivity index (χ4v) is 4.44. The molecule has 1 saturated carbocycles. The van der Waals surface area contributed by atoms with Crippen molar-refractivity contribution >= 4 is 11.3 Å². The van der Waals surface area contributed by atoms with Gasteiger partial charge >= 0.3 is 0 Å². The molecule has 2 nitrogen and oxygen atoms in total. The van der Waals surface area contributed by atoms with Crippen LogP contribution in [0.1, 0.15) is 50.3 Å². The summed E-state index contributed by atoms with van der Waals surface area (Å²) >= 11 is 1.90. The lowest BCUT2D eigenvalue weighted by Gasteiger charge is -2.41. The van der Waals surface area contributed by atoms with Crippen LogP contribution in [0.5, 0.6) is 0 Å². The second-order valence-electron chi connectivity index (χ2n) is 6.39. The summed E-state index contributed by atoms with van der Waals surface area (Å²) in [6.45, 7) is 5.98. The molecule has 1 saturated heterocycles. The average Bonchev–Trinajstić information content (AvgIpc) is 2.87. The van der Waals surface area contributed by atoms with Crippen LogP contribution in [0.2, 0.25) is 0 Å². The van der Waals surface area contributed by atoms with Gasteiger partial charge in [-0.1, -0.05) is 25.3 Å². The van der Waals surface area contributed by atoms with E-state index in [0.717, 1.165) is 6.54 Å². The molecule has 1 aliphatic carbocycles. The molecule has 1 aromatic rings. The summed E-state index contributed by atoms with van der Waals surface area (Å²) < 4.78 is 0. The molecule has 3 heteroatoms. The first kappa shape index (κ1) is 13.6. The molecule has 0 radical (unpaired) electrons. The molecule has 2 fully saturated rings. The fourth-order valence-electron chi connectivity index (χ4n) is 3.71. The first-order chi connectivity index (χ1) is 9.27. The minimum absolute atomic E-state index is 0.417. The predicted octanol–water partition coefficient (Wildman–Crippen LogP) is 3.63. The maximum absolute atomic E-state index is 3.90. The van der Waals surface area contributed by atoms with Crippen molar-refractivity contribution in [1.82, 2.24) is 10.2 Å². The normalized spacial score (nSPS) is 28.4. The highest BCUT2D eigenvalue weighted by Gasteiger charge is 2.36. The number of hydrogen-bond donors (Lipinski definition) is 1. The Kier molecular flexibility index (Phi) is 4.25. The molecule has 1 aromatic heterocycles. The second kappa shape index (κ2) is 5.94. The Morgan fingerprint density at radius 3 is 2.95 bits per heavy atom. The highest BCUT2D eigenvalue weighted by Crippen LogP contribution is 2.32. The number of hydrogen-bond acceptors (Lipinski definition) is 3. The van der Waals surface area contributed by atoms with E-state index in [9.17, 15) is 0 Å². The third-order valence-electron chi connectivity index (χ3n) is 4.94. The number of nitrogens with zero attached hydrogens (tertiary/aromatic N) is 1. The fraction of sp³-hybridized carbons (Fsp3) is 0.750. The van der Waals surface area contributed by atoms with Crippen LogP contribution in [0.25, 0.3) is 0 Å². The first-order valence-corrected chi connectivity index (χ1v) is 8.67. The lowest BCUT2D eigenvalue weighted by Crippen LogP contribution is -2.53. The predicted molar refractivity (Wildman–Crippen MR) is 82.6 cm³/mol. The number of thiophene rings is 1. The third kappa shape index (κ3) is 3.21. The summed E-state index contributed by atoms with van der Waals surface area (Å²) in [4.78, 5) is 4.23. The molecule has 0 bridgehead atoms. The van der Waals surface area contributed by atoms with Crippen molar-refractivity contribution in [2.45, 2.75) is 63.6 Å². The molecule has 3 rings (SSSR count). The highest BCUT2D eigenvalue weighted by molar-refractivity contribution is 7.09. The Morgan fingerprint density at radius 2 is 2.21 bits per heavy atom. The topological polar surface area (TPSA) is 15.3 Å². The van der Waals surface area contributed by atoms with Crippen LogP contribution in [-0.2, 0) is 6.54 Å². The molecule has 2 aliphatic rings. The molecule has 2 heterocycles. The Balaban J connectivity index is 1.72. The van der Waals surface area contributed by atoms with Crippen molar-refractivity contribution in [3.8, 4) is 0 Å². The van der Waals surface area contributed by atoms with E-state index in [-0.39, 0.29) is 0 Å². The van der Waals surface area contributed by atoms with Crippen LogP contribution >= 0.6 is 11.3 Å². The highest BCUT2D eigenvalue weighted by atomic mass is 32.1. The van der Waals surface area contributed by atoms with Crippen LogP contribution in [0.3, 0.4) is 0 Å². The largest absolute Gasteiger partial charge is 0.310 e. The van der Waals surface area contributed by atoms with Crippen LogP contribution in [-0.4, -0.2) is 29.6 Å². The maximum Gasteiger partial charge on any atom is 0.0331 e. The van der Waals surface area contributed by atoms with Gasteiger partial charge in [-0.05, 0) is 44.2 Å². The molecule has 1 N–H and O–H groups in total. The summed E-state index contributed by atoms with van der Waals surface area (Å²) in [5, 5.41) is 6.10. The van der Waals surface area contributed by atoms with Gasteiger partial charge in [0.25, 0.3) is 0 Å². The van der Waals surface area contributed by atoms with Gasteiger partial charge in [0.15, 0.2) is 0 Å². The van der Waals surface area contributed by atoms with Gasteiger partial charge < -0.3 is 5.32 Å². The van der Waals surface area contributed by atoms with Crippen LogP contribution < -0.4 is 5.32 Å². The van der Waals surface area contributed by atoms with Crippen molar-refractivity contribution < 1.29 is 0 Å². The van der Waals surface area contributed by atoms with E-state index in [4.69, 9.17) is 0 Å². The van der Waals surface area contributed by atoms with Crippen molar-refractivity contribution in [3.05, 3.63) is 22.4 Å². The van der Waals surface area contributed by atoms with Gasteiger partial charge in [0, 0.05) is 29.5 Å². The molecule has 0 amide bonds. The van der Waals surface area contributed by atoms with Crippen LogP contribution in [0.15, 0.2) is 17.5 Å². The second-order valence-corrected chi connectivity index (χ2v) is 7.42. The van der Waals surface area contributed by atoms with Gasteiger partial charge in [-0.25, -0.2) is 0 Å². The zero-order valence-electron chi connectivity index (χ0n) is 12.0. The lowest BCUT2D eigenvalue weighted by molar-refractivity contribution is 0.132. The van der Waals surface area contributed by atoms with Crippen LogP contribution in [0.4, 0.5) is 0 Å². The molecular formula is C16H26N2S. The molecular weight excluding hydrogens is 252 g/mol. The minimum atomic E-state index is 0.417. The summed E-state index contributed by atoms with van der Waals surface area (Å²) in [6.07, 6.45) is 8.29. The summed E-state index contributed by atoms with van der Waals surface area (Å²) in [5.41, 5.74) is 0.417. The minimum Gasteiger partial charge on any atom is -0.310 e. The Hall–Kier alpha value is -0.380.